The van der Waals surface area contributed by atoms with Crippen LogP contribution in [0.3, 0.4) is 0 Å². The Morgan fingerprint density at radius 1 is 1.22 bits per heavy atom. The van der Waals surface area contributed by atoms with E-state index in [4.69, 9.17) is 10.2 Å². The molecule has 0 atom stereocenters. The van der Waals surface area contributed by atoms with Crippen LogP contribution in [0.25, 0.3) is 11.8 Å². The highest BCUT2D eigenvalue weighted by atomic mass is 19.1. The maximum absolute atomic E-state index is 14.2. The first-order valence-corrected chi connectivity index (χ1v) is 8.40. The lowest BCUT2D eigenvalue weighted by atomic mass is 10.1. The molecule has 2 aliphatic rings. The number of fused-ring (bicyclic) bond motifs is 1. The van der Waals surface area contributed by atoms with Gasteiger partial charge in [-0.2, -0.15) is 4.99 Å². The highest BCUT2D eigenvalue weighted by molar-refractivity contribution is 6.32. The second kappa shape index (κ2) is 6.05. The summed E-state index contributed by atoms with van der Waals surface area (Å²) in [5.74, 6) is -0.0479. The van der Waals surface area contributed by atoms with E-state index in [-0.39, 0.29) is 17.2 Å². The number of hydroxylamine groups is 2. The van der Waals surface area contributed by atoms with Gasteiger partial charge in [0.05, 0.1) is 11.3 Å². The van der Waals surface area contributed by atoms with Crippen molar-refractivity contribution in [2.24, 2.45) is 4.99 Å². The number of hydrogen-bond acceptors (Lipinski definition) is 3. The summed E-state index contributed by atoms with van der Waals surface area (Å²) in [6.07, 6.45) is 3.20. The minimum atomic E-state index is -0.503. The Labute approximate surface area is 155 Å². The quantitative estimate of drug-likeness (QED) is 0.827. The van der Waals surface area contributed by atoms with E-state index < -0.39 is 5.91 Å². The molecular formula is C20H17FN4O2. The van der Waals surface area contributed by atoms with E-state index in [0.717, 1.165) is 11.4 Å². The summed E-state index contributed by atoms with van der Waals surface area (Å²) in [7, 11) is 0. The molecule has 0 spiro atoms. The van der Waals surface area contributed by atoms with Crippen molar-refractivity contribution >= 4 is 23.7 Å². The zero-order valence-electron chi connectivity index (χ0n) is 15.1. The van der Waals surface area contributed by atoms with Crippen LogP contribution in [0.1, 0.15) is 23.9 Å². The molecule has 0 bridgehead atoms. The second-order valence-electron chi connectivity index (χ2n) is 6.44. The molecule has 0 fully saturated rings. The summed E-state index contributed by atoms with van der Waals surface area (Å²) in [6.45, 7) is 5.43. The maximum atomic E-state index is 14.2. The van der Waals surface area contributed by atoms with Crippen LogP contribution >= 0.6 is 0 Å². The molecule has 0 saturated carbocycles. The fraction of sp³-hybridized carbons (Fsp3) is 0.150. The molecule has 1 aromatic carbocycles. The number of aromatic nitrogens is 1. The molecule has 2 aromatic rings. The molecule has 3 heterocycles. The van der Waals surface area contributed by atoms with Crippen LogP contribution in [0.4, 0.5) is 4.39 Å². The lowest BCUT2D eigenvalue weighted by Gasteiger charge is -2.22. The Morgan fingerprint density at radius 3 is 2.70 bits per heavy atom. The molecular weight excluding hydrogens is 347 g/mol. The van der Waals surface area contributed by atoms with Gasteiger partial charge in [-0.25, -0.2) is 4.39 Å². The summed E-state index contributed by atoms with van der Waals surface area (Å²) in [5, 5.41) is 9.52. The number of carbonyl (C=O) groups excluding carboxylic acids is 1. The Balaban J connectivity index is 1.78. The number of aliphatic imine (C=N–C) groups is 1. The molecule has 0 aliphatic carbocycles. The van der Waals surface area contributed by atoms with Gasteiger partial charge in [0.2, 0.25) is 0 Å². The summed E-state index contributed by atoms with van der Waals surface area (Å²) < 4.78 is 16.0. The van der Waals surface area contributed by atoms with Gasteiger partial charge in [-0.1, -0.05) is 12.1 Å². The average molecular weight is 364 g/mol. The van der Waals surface area contributed by atoms with Crippen molar-refractivity contribution in [3.05, 3.63) is 70.5 Å². The van der Waals surface area contributed by atoms with Crippen LogP contribution in [-0.4, -0.2) is 27.2 Å². The predicted octanol–water partition coefficient (Wildman–Crippen LogP) is 3.68. The van der Waals surface area contributed by atoms with E-state index in [1.165, 1.54) is 11.1 Å². The summed E-state index contributed by atoms with van der Waals surface area (Å²) in [4.78, 5) is 21.8. The van der Waals surface area contributed by atoms with Crippen molar-refractivity contribution in [2.75, 3.05) is 0 Å². The number of amides is 1. The number of carbonyl (C=O) groups is 1. The minimum Gasteiger partial charge on any atom is -0.376 e. The monoisotopic (exact) mass is 364 g/mol. The smallest absolute Gasteiger partial charge is 0.282 e. The van der Waals surface area contributed by atoms with Gasteiger partial charge in [-0.05, 0) is 50.6 Å². The highest BCUT2D eigenvalue weighted by Gasteiger charge is 2.34. The van der Waals surface area contributed by atoms with Gasteiger partial charge >= 0.3 is 0 Å². The third kappa shape index (κ3) is 2.68. The number of allylic oxidation sites excluding steroid dienone is 1. The molecule has 1 aromatic heterocycles. The zero-order valence-corrected chi connectivity index (χ0v) is 15.1. The van der Waals surface area contributed by atoms with E-state index in [9.17, 15) is 9.18 Å². The zero-order chi connectivity index (χ0) is 19.3. The highest BCUT2D eigenvalue weighted by Crippen LogP contribution is 2.27. The number of para-hydroxylation sites is 1. The normalized spacial score (nSPS) is 17.8. The SMILES string of the molecule is CC1=CC2=NC(=O)/C(=C\c3cc(C)n(-c4ccccc4F)c3C)C(=N)N2O1. The van der Waals surface area contributed by atoms with Crippen LogP contribution < -0.4 is 0 Å². The third-order valence-electron chi connectivity index (χ3n) is 4.54. The molecule has 4 rings (SSSR count). The molecule has 7 heteroatoms. The minimum absolute atomic E-state index is 0.0752. The molecule has 0 radical (unpaired) electrons. The van der Waals surface area contributed by atoms with E-state index >= 15 is 0 Å². The number of aryl methyl sites for hydroxylation is 1. The largest absolute Gasteiger partial charge is 0.376 e. The topological polar surface area (TPSA) is 70.7 Å². The molecule has 2 aliphatic heterocycles. The van der Waals surface area contributed by atoms with E-state index in [0.29, 0.717) is 22.8 Å². The van der Waals surface area contributed by atoms with Crippen LogP contribution in [0.5, 0.6) is 0 Å². The van der Waals surface area contributed by atoms with Gasteiger partial charge in [-0.15, -0.1) is 5.06 Å². The van der Waals surface area contributed by atoms with E-state index in [2.05, 4.69) is 4.99 Å². The van der Waals surface area contributed by atoms with Gasteiger partial charge < -0.3 is 9.40 Å². The van der Waals surface area contributed by atoms with Gasteiger partial charge in [0, 0.05) is 17.5 Å². The summed E-state index contributed by atoms with van der Waals surface area (Å²) in [6, 6.07) is 8.36. The van der Waals surface area contributed by atoms with Crippen molar-refractivity contribution in [1.29, 1.82) is 5.41 Å². The van der Waals surface area contributed by atoms with Crippen molar-refractivity contribution in [1.82, 2.24) is 9.63 Å². The number of amidine groups is 2. The molecule has 136 valence electrons. The number of rotatable bonds is 2. The molecule has 1 amide bonds. The lowest BCUT2D eigenvalue weighted by molar-refractivity contribution is -0.114. The Hall–Kier alpha value is -3.48. The molecule has 27 heavy (non-hydrogen) atoms. The number of nitrogens with zero attached hydrogens (tertiary/aromatic N) is 3. The predicted molar refractivity (Wildman–Crippen MR) is 100 cm³/mol. The van der Waals surface area contributed by atoms with Crippen LogP contribution in [0, 0.1) is 25.1 Å². The second-order valence-corrected chi connectivity index (χ2v) is 6.44. The van der Waals surface area contributed by atoms with Gasteiger partial charge in [0.15, 0.2) is 11.7 Å². The molecule has 6 nitrogen and oxygen atoms in total. The number of benzene rings is 1. The molecule has 1 N–H and O–H groups in total. The van der Waals surface area contributed by atoms with Crippen LogP contribution in [0.2, 0.25) is 0 Å². The fourth-order valence-electron chi connectivity index (χ4n) is 3.29. The van der Waals surface area contributed by atoms with Crippen LogP contribution in [-0.2, 0) is 9.63 Å². The van der Waals surface area contributed by atoms with Crippen molar-refractivity contribution in [2.45, 2.75) is 20.8 Å². The number of hydrogen-bond donors (Lipinski definition) is 1. The van der Waals surface area contributed by atoms with Gasteiger partial charge in [0.1, 0.15) is 11.6 Å². The molecule has 0 saturated heterocycles. The maximum Gasteiger partial charge on any atom is 0.282 e. The van der Waals surface area contributed by atoms with Crippen molar-refractivity contribution in [3.8, 4) is 5.69 Å². The Morgan fingerprint density at radius 2 is 1.96 bits per heavy atom. The Bertz CT molecular complexity index is 1090. The van der Waals surface area contributed by atoms with Crippen molar-refractivity contribution < 1.29 is 14.0 Å². The van der Waals surface area contributed by atoms with Gasteiger partial charge in [-0.3, -0.25) is 10.2 Å². The Kier molecular flexibility index (Phi) is 3.80. The number of nitrogens with one attached hydrogen (secondary N) is 1. The van der Waals surface area contributed by atoms with E-state index in [1.807, 2.05) is 19.9 Å². The van der Waals surface area contributed by atoms with E-state index in [1.54, 1.807) is 41.8 Å². The summed E-state index contributed by atoms with van der Waals surface area (Å²) >= 11 is 0. The number of halogens is 1. The first kappa shape index (κ1) is 17.0. The first-order valence-electron chi connectivity index (χ1n) is 8.40. The average Bonchev–Trinajstić information content (AvgIpc) is 3.12. The lowest BCUT2D eigenvalue weighted by Crippen LogP contribution is -2.38. The third-order valence-corrected chi connectivity index (χ3v) is 4.54. The summed E-state index contributed by atoms with van der Waals surface area (Å²) in [5.41, 5.74) is 2.85. The van der Waals surface area contributed by atoms with Crippen molar-refractivity contribution in [3.63, 3.8) is 0 Å². The van der Waals surface area contributed by atoms with Gasteiger partial charge in [0.25, 0.3) is 5.91 Å². The van der Waals surface area contributed by atoms with Crippen LogP contribution in [0.15, 0.2) is 52.7 Å². The standard InChI is InChI=1S/C20H17FN4O2/c1-11-8-14(13(3)24(11)17-7-5-4-6-16(17)21)10-15-19(22)25-18(23-20(15)26)9-12(2)27-25/h4-10,22H,1-3H3/b15-10-,22-19?. The molecule has 0 unspecified atom stereocenters. The fourth-order valence-corrected chi connectivity index (χ4v) is 3.29. The first-order chi connectivity index (χ1) is 12.9.